The Bertz CT molecular complexity index is 814. The summed E-state index contributed by atoms with van der Waals surface area (Å²) in [6.45, 7) is 2.34. The second-order valence-corrected chi connectivity index (χ2v) is 7.05. The van der Waals surface area contributed by atoms with Gasteiger partial charge in [-0.25, -0.2) is 0 Å². The number of hydrogen-bond acceptors (Lipinski definition) is 5. The summed E-state index contributed by atoms with van der Waals surface area (Å²) in [5.74, 6) is 0. The van der Waals surface area contributed by atoms with Gasteiger partial charge in [0, 0.05) is 29.2 Å². The van der Waals surface area contributed by atoms with Gasteiger partial charge in [-0.1, -0.05) is 0 Å². The second kappa shape index (κ2) is 7.87. The molecule has 8 nitrogen and oxygen atoms in total. The summed E-state index contributed by atoms with van der Waals surface area (Å²) in [5, 5.41) is 29.6. The van der Waals surface area contributed by atoms with E-state index in [9.17, 15) is 15.3 Å². The number of hydroxylamine groups is 3. The molecule has 0 saturated carbocycles. The van der Waals surface area contributed by atoms with Crippen LogP contribution in [0.4, 0.5) is 22.7 Å². The molecule has 0 amide bonds. The van der Waals surface area contributed by atoms with Gasteiger partial charge in [-0.2, -0.15) is 0 Å². The second-order valence-electron chi connectivity index (χ2n) is 6.67. The number of likely N-dealkylation sites (N-methyl/N-ethyl adjacent to an activating group) is 1. The normalized spacial score (nSPS) is 15.9. The monoisotopic (exact) mass is 387 g/mol. The molecule has 1 aliphatic rings. The number of nitro groups is 1. The largest absolute Gasteiger partial charge is 0.633 e. The molecule has 1 fully saturated rings. The van der Waals surface area contributed by atoms with Crippen LogP contribution in [0.3, 0.4) is 0 Å². The number of thiocarbonyl (C=S) groups is 1. The summed E-state index contributed by atoms with van der Waals surface area (Å²) < 4.78 is -0.220. The maximum Gasteiger partial charge on any atom is 0.269 e. The molecule has 0 bridgehead atoms. The van der Waals surface area contributed by atoms with Gasteiger partial charge in [-0.3, -0.25) is 10.1 Å². The van der Waals surface area contributed by atoms with Gasteiger partial charge in [-0.05, 0) is 48.6 Å². The minimum atomic E-state index is -0.425. The molecule has 0 aromatic heterocycles. The summed E-state index contributed by atoms with van der Waals surface area (Å²) in [6.07, 6.45) is 0. The van der Waals surface area contributed by atoms with E-state index < -0.39 is 4.92 Å². The van der Waals surface area contributed by atoms with E-state index in [1.807, 2.05) is 29.2 Å². The molecule has 3 rings (SSSR count). The first-order valence-electron chi connectivity index (χ1n) is 8.55. The van der Waals surface area contributed by atoms with E-state index in [-0.39, 0.29) is 10.3 Å². The third-order valence-corrected chi connectivity index (χ3v) is 4.84. The highest BCUT2D eigenvalue weighted by Gasteiger charge is 2.22. The molecule has 2 aromatic carbocycles. The third kappa shape index (κ3) is 5.13. The maximum absolute atomic E-state index is 11.9. The highest BCUT2D eigenvalue weighted by atomic mass is 32.1. The highest BCUT2D eigenvalue weighted by molar-refractivity contribution is 7.80. The van der Waals surface area contributed by atoms with Gasteiger partial charge in [0.1, 0.15) is 0 Å². The molecule has 0 atom stereocenters. The first kappa shape index (κ1) is 19.0. The van der Waals surface area contributed by atoms with Crippen LogP contribution in [0, 0.1) is 15.3 Å². The smallest absolute Gasteiger partial charge is 0.269 e. The fourth-order valence-corrected chi connectivity index (χ4v) is 3.06. The summed E-state index contributed by atoms with van der Waals surface area (Å²) in [6, 6.07) is 13.8. The minimum absolute atomic E-state index is 0.0578. The zero-order valence-electron chi connectivity index (χ0n) is 14.9. The number of benzene rings is 2. The van der Waals surface area contributed by atoms with Gasteiger partial charge < -0.3 is 25.4 Å². The summed E-state index contributed by atoms with van der Waals surface area (Å²) in [5.41, 5.74) is 2.54. The van der Waals surface area contributed by atoms with Crippen molar-refractivity contribution in [2.45, 2.75) is 0 Å². The van der Waals surface area contributed by atoms with Gasteiger partial charge in [0.15, 0.2) is 5.11 Å². The third-order valence-electron chi connectivity index (χ3n) is 4.48. The molecule has 0 spiro atoms. The van der Waals surface area contributed by atoms with Crippen molar-refractivity contribution in [3.05, 3.63) is 63.9 Å². The van der Waals surface area contributed by atoms with Crippen LogP contribution in [0.15, 0.2) is 48.5 Å². The lowest BCUT2D eigenvalue weighted by Crippen LogP contribution is -2.55. The van der Waals surface area contributed by atoms with E-state index in [0.29, 0.717) is 31.3 Å². The van der Waals surface area contributed by atoms with E-state index in [1.165, 1.54) is 12.1 Å². The van der Waals surface area contributed by atoms with Crippen LogP contribution < -0.4 is 10.6 Å². The molecule has 0 unspecified atom stereocenters. The van der Waals surface area contributed by atoms with Gasteiger partial charge in [-0.15, -0.1) is 0 Å². The summed E-state index contributed by atoms with van der Waals surface area (Å²) >= 11 is 5.44. The van der Waals surface area contributed by atoms with E-state index >= 15 is 0 Å². The predicted octanol–water partition coefficient (Wildman–Crippen LogP) is 3.30. The lowest BCUT2D eigenvalue weighted by Gasteiger charge is -2.45. The van der Waals surface area contributed by atoms with Crippen molar-refractivity contribution < 1.29 is 9.57 Å². The number of nitro benzene ring substituents is 1. The molecule has 9 heteroatoms. The lowest BCUT2D eigenvalue weighted by molar-refractivity contribution is -0.864. The van der Waals surface area contributed by atoms with Crippen molar-refractivity contribution >= 4 is 40.1 Å². The van der Waals surface area contributed by atoms with Crippen molar-refractivity contribution in [3.63, 3.8) is 0 Å². The number of piperazine rings is 1. The average molecular weight is 387 g/mol. The SMILES string of the molecule is C[N+]1([O-])CCN(C(=S)Nc2ccc(Nc3ccc([N+](=O)[O-])cc3)cc2)CC1. The zero-order valence-corrected chi connectivity index (χ0v) is 15.7. The van der Waals surface area contributed by atoms with Crippen LogP contribution in [-0.4, -0.2) is 52.8 Å². The van der Waals surface area contributed by atoms with Crippen molar-refractivity contribution in [2.75, 3.05) is 43.9 Å². The number of quaternary nitrogens is 1. The molecule has 0 aliphatic carbocycles. The Morgan fingerprint density at radius 2 is 1.52 bits per heavy atom. The topological polar surface area (TPSA) is 93.5 Å². The Morgan fingerprint density at radius 1 is 1.04 bits per heavy atom. The van der Waals surface area contributed by atoms with Crippen LogP contribution in [0.1, 0.15) is 0 Å². The van der Waals surface area contributed by atoms with Crippen molar-refractivity contribution in [2.24, 2.45) is 0 Å². The van der Waals surface area contributed by atoms with Crippen LogP contribution >= 0.6 is 12.2 Å². The van der Waals surface area contributed by atoms with Crippen molar-refractivity contribution in [1.82, 2.24) is 4.90 Å². The molecule has 2 aromatic rings. The molecule has 1 heterocycles. The minimum Gasteiger partial charge on any atom is -0.633 e. The Morgan fingerprint density at radius 3 is 2.04 bits per heavy atom. The maximum atomic E-state index is 11.9. The van der Waals surface area contributed by atoms with Gasteiger partial charge in [0.05, 0.1) is 38.2 Å². The Kier molecular flexibility index (Phi) is 5.54. The number of hydrogen-bond donors (Lipinski definition) is 2. The Balaban J connectivity index is 1.55. The van der Waals surface area contributed by atoms with E-state index in [1.54, 1.807) is 19.2 Å². The first-order valence-corrected chi connectivity index (χ1v) is 8.96. The summed E-state index contributed by atoms with van der Waals surface area (Å²) in [7, 11) is 1.68. The fourth-order valence-electron chi connectivity index (χ4n) is 2.76. The Hall–Kier alpha value is -2.75. The van der Waals surface area contributed by atoms with Crippen LogP contribution in [-0.2, 0) is 0 Å². The van der Waals surface area contributed by atoms with Crippen LogP contribution in [0.5, 0.6) is 0 Å². The molecule has 142 valence electrons. The Labute approximate surface area is 162 Å². The molecular weight excluding hydrogens is 366 g/mol. The van der Waals surface area contributed by atoms with Crippen molar-refractivity contribution in [1.29, 1.82) is 0 Å². The highest BCUT2D eigenvalue weighted by Crippen LogP contribution is 2.21. The zero-order chi connectivity index (χ0) is 19.4. The quantitative estimate of drug-likeness (QED) is 0.273. The van der Waals surface area contributed by atoms with Gasteiger partial charge >= 0.3 is 0 Å². The molecule has 0 radical (unpaired) electrons. The van der Waals surface area contributed by atoms with E-state index in [4.69, 9.17) is 12.2 Å². The molecule has 1 saturated heterocycles. The number of rotatable bonds is 4. The standard InChI is InChI=1S/C18H21N5O3S/c1-23(26)12-10-21(11-13-23)18(27)20-16-4-2-14(3-5-16)19-15-6-8-17(9-7-15)22(24)25/h2-9,19H,10-13H2,1H3,(H,20,27). The molecule has 2 N–H and O–H groups in total. The molecular formula is C18H21N5O3S. The number of non-ortho nitro benzene ring substituents is 1. The van der Waals surface area contributed by atoms with Crippen molar-refractivity contribution in [3.8, 4) is 0 Å². The number of nitrogens with zero attached hydrogens (tertiary/aromatic N) is 3. The van der Waals surface area contributed by atoms with E-state index in [0.717, 1.165) is 17.1 Å². The average Bonchev–Trinajstić information content (AvgIpc) is 2.63. The summed E-state index contributed by atoms with van der Waals surface area (Å²) in [4.78, 5) is 12.3. The van der Waals surface area contributed by atoms with Gasteiger partial charge in [0.2, 0.25) is 0 Å². The fraction of sp³-hybridized carbons (Fsp3) is 0.278. The molecule has 1 aliphatic heterocycles. The van der Waals surface area contributed by atoms with Crippen LogP contribution in [0.2, 0.25) is 0 Å². The van der Waals surface area contributed by atoms with Crippen LogP contribution in [0.25, 0.3) is 0 Å². The first-order chi connectivity index (χ1) is 12.8. The number of anilines is 3. The lowest BCUT2D eigenvalue weighted by atomic mass is 10.2. The van der Waals surface area contributed by atoms with E-state index in [2.05, 4.69) is 10.6 Å². The number of nitrogens with one attached hydrogen (secondary N) is 2. The van der Waals surface area contributed by atoms with Gasteiger partial charge in [0.25, 0.3) is 5.69 Å². The predicted molar refractivity (Wildman–Crippen MR) is 110 cm³/mol. The molecule has 27 heavy (non-hydrogen) atoms.